The molecule has 2 rings (SSSR count). The van der Waals surface area contributed by atoms with Gasteiger partial charge in [0.1, 0.15) is 17.7 Å². The molecule has 1 atom stereocenters. The van der Waals surface area contributed by atoms with Crippen LogP contribution in [-0.2, 0) is 4.79 Å². The van der Waals surface area contributed by atoms with E-state index in [0.717, 1.165) is 31.0 Å². The van der Waals surface area contributed by atoms with Crippen molar-refractivity contribution in [2.75, 3.05) is 24.2 Å². The molecule has 2 heterocycles. The normalized spacial score (nSPS) is 20.1. The van der Waals surface area contributed by atoms with E-state index >= 15 is 0 Å². The number of rotatable bonds is 3. The molecule has 5 heteroatoms. The van der Waals surface area contributed by atoms with Crippen molar-refractivity contribution in [1.82, 2.24) is 10.3 Å². The fourth-order valence-electron chi connectivity index (χ4n) is 1.74. The Morgan fingerprint density at radius 1 is 1.44 bits per heavy atom. The summed E-state index contributed by atoms with van der Waals surface area (Å²) >= 11 is 0. The van der Waals surface area contributed by atoms with Gasteiger partial charge in [0, 0.05) is 13.6 Å². The van der Waals surface area contributed by atoms with Crippen LogP contribution in [0.3, 0.4) is 0 Å². The van der Waals surface area contributed by atoms with Crippen LogP contribution in [0.2, 0.25) is 0 Å². The Hall–Kier alpha value is -1.78. The maximum atomic E-state index is 11.5. The maximum Gasteiger partial charge on any atom is 0.242 e. The van der Waals surface area contributed by atoms with Crippen molar-refractivity contribution < 1.29 is 4.79 Å². The molecule has 1 amide bonds. The molecule has 0 radical (unpaired) electrons. The van der Waals surface area contributed by atoms with Crippen LogP contribution < -0.4 is 16.0 Å². The zero-order valence-electron chi connectivity index (χ0n) is 9.29. The van der Waals surface area contributed by atoms with Gasteiger partial charge < -0.3 is 16.0 Å². The number of hydrogen-bond acceptors (Lipinski definition) is 4. The first-order chi connectivity index (χ1) is 7.79. The summed E-state index contributed by atoms with van der Waals surface area (Å²) in [4.78, 5) is 15.9. The number of aromatic nitrogens is 1. The van der Waals surface area contributed by atoms with Gasteiger partial charge in [-0.25, -0.2) is 4.98 Å². The highest BCUT2D eigenvalue weighted by atomic mass is 16.2. The van der Waals surface area contributed by atoms with Gasteiger partial charge in [-0.05, 0) is 25.0 Å². The number of amides is 1. The molecule has 3 N–H and O–H groups in total. The van der Waals surface area contributed by atoms with E-state index in [4.69, 9.17) is 0 Å². The highest BCUT2D eigenvalue weighted by Crippen LogP contribution is 2.13. The molecule has 1 aromatic rings. The van der Waals surface area contributed by atoms with Crippen LogP contribution in [0, 0.1) is 0 Å². The Balaban J connectivity index is 2.04. The van der Waals surface area contributed by atoms with Crippen molar-refractivity contribution >= 4 is 17.5 Å². The van der Waals surface area contributed by atoms with Gasteiger partial charge >= 0.3 is 0 Å². The number of anilines is 2. The van der Waals surface area contributed by atoms with Gasteiger partial charge in [0.15, 0.2) is 0 Å². The predicted octanol–water partition coefficient (Wildman–Crippen LogP) is 0.814. The lowest BCUT2D eigenvalue weighted by molar-refractivity contribution is -0.123. The van der Waals surface area contributed by atoms with Gasteiger partial charge in [-0.15, -0.1) is 0 Å². The molecule has 1 unspecified atom stereocenters. The molecular formula is C11H16N4O. The molecule has 0 spiro atoms. The van der Waals surface area contributed by atoms with E-state index in [9.17, 15) is 4.79 Å². The van der Waals surface area contributed by atoms with Crippen molar-refractivity contribution in [3.05, 3.63) is 18.2 Å². The third kappa shape index (κ3) is 2.42. The molecule has 1 aliphatic rings. The number of carbonyl (C=O) groups is 1. The van der Waals surface area contributed by atoms with Gasteiger partial charge in [-0.3, -0.25) is 4.79 Å². The number of pyridine rings is 1. The number of piperidine rings is 1. The van der Waals surface area contributed by atoms with Crippen LogP contribution in [0.1, 0.15) is 12.8 Å². The fourth-order valence-corrected chi connectivity index (χ4v) is 1.74. The minimum absolute atomic E-state index is 0.0583. The molecule has 16 heavy (non-hydrogen) atoms. The highest BCUT2D eigenvalue weighted by Gasteiger charge is 2.21. The second-order valence-electron chi connectivity index (χ2n) is 3.79. The van der Waals surface area contributed by atoms with Crippen molar-refractivity contribution in [3.8, 4) is 0 Å². The molecule has 1 aliphatic heterocycles. The van der Waals surface area contributed by atoms with Crippen molar-refractivity contribution in [3.63, 3.8) is 0 Å². The van der Waals surface area contributed by atoms with Gasteiger partial charge in [0.2, 0.25) is 5.91 Å². The highest BCUT2D eigenvalue weighted by molar-refractivity contribution is 5.85. The van der Waals surface area contributed by atoms with Crippen LogP contribution >= 0.6 is 0 Å². The molecule has 0 aromatic carbocycles. The van der Waals surface area contributed by atoms with Crippen LogP contribution in [0.4, 0.5) is 11.6 Å². The lowest BCUT2D eigenvalue weighted by Crippen LogP contribution is -2.44. The maximum absolute atomic E-state index is 11.5. The van der Waals surface area contributed by atoms with Gasteiger partial charge in [-0.2, -0.15) is 0 Å². The minimum Gasteiger partial charge on any atom is -0.373 e. The summed E-state index contributed by atoms with van der Waals surface area (Å²) in [5, 5.41) is 8.94. The largest absolute Gasteiger partial charge is 0.373 e. The summed E-state index contributed by atoms with van der Waals surface area (Å²) in [7, 11) is 1.82. The van der Waals surface area contributed by atoms with Crippen molar-refractivity contribution in [2.24, 2.45) is 0 Å². The SMILES string of the molecule is CNc1cccc(NC2CCCNC2=O)n1. The molecule has 1 fully saturated rings. The van der Waals surface area contributed by atoms with Crippen LogP contribution in [0.15, 0.2) is 18.2 Å². The van der Waals surface area contributed by atoms with Gasteiger partial charge in [-0.1, -0.05) is 6.07 Å². The van der Waals surface area contributed by atoms with Crippen molar-refractivity contribution in [1.29, 1.82) is 0 Å². The average molecular weight is 220 g/mol. The molecule has 1 saturated heterocycles. The number of hydrogen-bond donors (Lipinski definition) is 3. The molecular weight excluding hydrogens is 204 g/mol. The summed E-state index contributed by atoms with van der Waals surface area (Å²) in [6.07, 6.45) is 1.87. The van der Waals surface area contributed by atoms with E-state index in [1.165, 1.54) is 0 Å². The third-order valence-corrected chi connectivity index (χ3v) is 2.61. The number of nitrogens with one attached hydrogen (secondary N) is 3. The van der Waals surface area contributed by atoms with Gasteiger partial charge in [0.25, 0.3) is 0 Å². The van der Waals surface area contributed by atoms with Crippen LogP contribution in [0.25, 0.3) is 0 Å². The van der Waals surface area contributed by atoms with E-state index in [1.54, 1.807) is 0 Å². The molecule has 1 aromatic heterocycles. The van der Waals surface area contributed by atoms with E-state index in [-0.39, 0.29) is 11.9 Å². The molecule has 86 valence electrons. The third-order valence-electron chi connectivity index (χ3n) is 2.61. The molecule has 5 nitrogen and oxygen atoms in total. The summed E-state index contributed by atoms with van der Waals surface area (Å²) in [6.45, 7) is 0.779. The molecule has 0 bridgehead atoms. The Bertz CT molecular complexity index is 380. The first kappa shape index (κ1) is 10.7. The lowest BCUT2D eigenvalue weighted by atomic mass is 10.1. The minimum atomic E-state index is -0.159. The second-order valence-corrected chi connectivity index (χ2v) is 3.79. The Kier molecular flexibility index (Phi) is 3.24. The Labute approximate surface area is 94.6 Å². The summed E-state index contributed by atoms with van der Waals surface area (Å²) < 4.78 is 0. The van der Waals surface area contributed by atoms with Crippen LogP contribution in [-0.4, -0.2) is 30.5 Å². The topological polar surface area (TPSA) is 66.0 Å². The Morgan fingerprint density at radius 3 is 3.00 bits per heavy atom. The standard InChI is InChI=1S/C11H16N4O/c1-12-9-5-2-6-10(15-9)14-8-4-3-7-13-11(8)16/h2,5-6,8H,3-4,7H2,1H3,(H,13,16)(H2,12,14,15). The van der Waals surface area contributed by atoms with Crippen molar-refractivity contribution in [2.45, 2.75) is 18.9 Å². The monoisotopic (exact) mass is 220 g/mol. The molecule has 0 aliphatic carbocycles. The number of carbonyl (C=O) groups excluding carboxylic acids is 1. The smallest absolute Gasteiger partial charge is 0.242 e. The first-order valence-corrected chi connectivity index (χ1v) is 5.48. The predicted molar refractivity (Wildman–Crippen MR) is 63.4 cm³/mol. The van der Waals surface area contributed by atoms with Gasteiger partial charge in [0.05, 0.1) is 0 Å². The average Bonchev–Trinajstić information content (AvgIpc) is 2.32. The summed E-state index contributed by atoms with van der Waals surface area (Å²) in [6, 6.07) is 5.49. The second kappa shape index (κ2) is 4.83. The fraction of sp³-hybridized carbons (Fsp3) is 0.455. The zero-order chi connectivity index (χ0) is 11.4. The molecule has 0 saturated carbocycles. The van der Waals surface area contributed by atoms with E-state index in [0.29, 0.717) is 0 Å². The number of nitrogens with zero attached hydrogens (tertiary/aromatic N) is 1. The Morgan fingerprint density at radius 2 is 2.25 bits per heavy atom. The van der Waals surface area contributed by atoms with E-state index in [1.807, 2.05) is 25.2 Å². The van der Waals surface area contributed by atoms with E-state index in [2.05, 4.69) is 20.9 Å². The quantitative estimate of drug-likeness (QED) is 0.705. The van der Waals surface area contributed by atoms with Crippen LogP contribution in [0.5, 0.6) is 0 Å². The lowest BCUT2D eigenvalue weighted by Gasteiger charge is -2.23. The van der Waals surface area contributed by atoms with E-state index < -0.39 is 0 Å². The summed E-state index contributed by atoms with van der Waals surface area (Å²) in [5.74, 6) is 1.58. The zero-order valence-corrected chi connectivity index (χ0v) is 9.29. The summed E-state index contributed by atoms with van der Waals surface area (Å²) in [5.41, 5.74) is 0. The first-order valence-electron chi connectivity index (χ1n) is 5.48.